The van der Waals surface area contributed by atoms with Crippen molar-refractivity contribution in [1.82, 2.24) is 19.3 Å². The third-order valence-corrected chi connectivity index (χ3v) is 6.19. The number of thiophene rings is 1. The predicted octanol–water partition coefficient (Wildman–Crippen LogP) is 1.40. The van der Waals surface area contributed by atoms with Gasteiger partial charge in [0.1, 0.15) is 10.4 Å². The minimum atomic E-state index is -3.53. The summed E-state index contributed by atoms with van der Waals surface area (Å²) in [6, 6.07) is 6.50. The van der Waals surface area contributed by atoms with E-state index in [2.05, 4.69) is 20.1 Å². The number of hydrogen-bond donors (Lipinski definition) is 2. The summed E-state index contributed by atoms with van der Waals surface area (Å²) < 4.78 is 28.0. The summed E-state index contributed by atoms with van der Waals surface area (Å²) in [6.07, 6.45) is 1.13. The number of aryl methyl sites for hydroxylation is 1. The van der Waals surface area contributed by atoms with E-state index >= 15 is 0 Å². The van der Waals surface area contributed by atoms with Crippen molar-refractivity contribution in [2.24, 2.45) is 0 Å². The minimum Gasteiger partial charge on any atom is -0.366 e. The number of anilines is 1. The molecule has 0 aliphatic heterocycles. The first-order chi connectivity index (χ1) is 11.9. The van der Waals surface area contributed by atoms with E-state index in [1.54, 1.807) is 24.3 Å². The fraction of sp³-hybridized carbons (Fsp3) is 0.231. The van der Waals surface area contributed by atoms with Crippen LogP contribution >= 0.6 is 11.3 Å². The van der Waals surface area contributed by atoms with E-state index in [0.717, 1.165) is 15.6 Å². The van der Waals surface area contributed by atoms with E-state index in [9.17, 15) is 18.5 Å². The lowest BCUT2D eigenvalue weighted by Gasteiger charge is -2.06. The van der Waals surface area contributed by atoms with Gasteiger partial charge in [0.2, 0.25) is 15.7 Å². The normalized spacial score (nSPS) is 11.7. The van der Waals surface area contributed by atoms with Crippen LogP contribution in [0.3, 0.4) is 0 Å². The summed E-state index contributed by atoms with van der Waals surface area (Å²) in [5.41, 5.74) is 0.353. The largest absolute Gasteiger partial charge is 0.368 e. The van der Waals surface area contributed by atoms with Crippen molar-refractivity contribution in [2.75, 3.05) is 18.4 Å². The fourth-order valence-corrected chi connectivity index (χ4v) is 4.44. The molecule has 0 amide bonds. The second-order valence-electron chi connectivity index (χ2n) is 5.05. The number of fused-ring (bicyclic) bond motifs is 1. The van der Waals surface area contributed by atoms with Gasteiger partial charge in [0.15, 0.2) is 5.82 Å². The maximum Gasteiger partial charge on any atom is 0.368 e. The Balaban J connectivity index is 1.61. The number of nitrogens with one attached hydrogen (secondary N) is 2. The predicted molar refractivity (Wildman–Crippen MR) is 92.4 cm³/mol. The highest BCUT2D eigenvalue weighted by Gasteiger charge is 2.17. The van der Waals surface area contributed by atoms with Gasteiger partial charge < -0.3 is 15.4 Å². The number of hydrogen-bond acceptors (Lipinski definition) is 8. The maximum atomic E-state index is 12.1. The van der Waals surface area contributed by atoms with E-state index in [0.29, 0.717) is 11.5 Å². The van der Waals surface area contributed by atoms with Crippen LogP contribution in [0, 0.1) is 17.0 Å². The van der Waals surface area contributed by atoms with Crippen molar-refractivity contribution in [3.63, 3.8) is 0 Å². The van der Waals surface area contributed by atoms with Gasteiger partial charge in [-0.15, -0.1) is 11.3 Å². The molecule has 0 spiro atoms. The van der Waals surface area contributed by atoms with Crippen molar-refractivity contribution < 1.29 is 13.3 Å². The Morgan fingerprint density at radius 2 is 2.08 bits per heavy atom. The zero-order valence-electron chi connectivity index (χ0n) is 13.0. The first kappa shape index (κ1) is 17.3. The van der Waals surface area contributed by atoms with Gasteiger partial charge in [-0.2, -0.15) is 0 Å². The van der Waals surface area contributed by atoms with Crippen LogP contribution in [-0.2, 0) is 10.0 Å². The van der Waals surface area contributed by atoms with Crippen LogP contribution in [-0.4, -0.2) is 41.0 Å². The van der Waals surface area contributed by atoms with Crippen molar-refractivity contribution in [3.05, 3.63) is 45.5 Å². The molecule has 0 bridgehead atoms. The van der Waals surface area contributed by atoms with Crippen LogP contribution in [0.15, 0.2) is 34.7 Å². The molecule has 0 saturated heterocycles. The Bertz CT molecular complexity index is 1030. The van der Waals surface area contributed by atoms with Crippen molar-refractivity contribution in [2.45, 2.75) is 11.1 Å². The van der Waals surface area contributed by atoms with E-state index in [1.165, 1.54) is 11.3 Å². The lowest BCUT2D eigenvalue weighted by Crippen LogP contribution is -2.28. The number of nitro groups is 1. The lowest BCUT2D eigenvalue weighted by molar-refractivity contribution is -0.391. The number of aromatic nitrogens is 3. The molecule has 2 N–H and O–H groups in total. The molecule has 3 aromatic rings. The molecule has 0 saturated carbocycles. The Morgan fingerprint density at radius 1 is 1.28 bits per heavy atom. The van der Waals surface area contributed by atoms with E-state index in [4.69, 9.17) is 0 Å². The molecule has 0 aromatic carbocycles. The van der Waals surface area contributed by atoms with Gasteiger partial charge in [-0.05, 0) is 30.0 Å². The van der Waals surface area contributed by atoms with Crippen LogP contribution in [0.25, 0.3) is 5.65 Å². The molecule has 0 aliphatic carbocycles. The Labute approximate surface area is 146 Å². The second-order valence-corrected chi connectivity index (χ2v) is 8.33. The molecule has 0 aliphatic rings. The molecule has 0 unspecified atom stereocenters. The van der Waals surface area contributed by atoms with Crippen molar-refractivity contribution >= 4 is 38.6 Å². The molecule has 3 heterocycles. The zero-order valence-corrected chi connectivity index (χ0v) is 14.7. The van der Waals surface area contributed by atoms with Gasteiger partial charge in [-0.1, -0.05) is 9.61 Å². The first-order valence-electron chi connectivity index (χ1n) is 7.16. The van der Waals surface area contributed by atoms with E-state index in [-0.39, 0.29) is 23.1 Å². The minimum absolute atomic E-state index is 0.144. The van der Waals surface area contributed by atoms with Crippen LogP contribution in [0.1, 0.15) is 4.88 Å². The Morgan fingerprint density at radius 3 is 2.76 bits per heavy atom. The average molecular weight is 382 g/mol. The van der Waals surface area contributed by atoms with Crippen molar-refractivity contribution in [1.29, 1.82) is 0 Å². The number of sulfonamides is 1. The molecule has 25 heavy (non-hydrogen) atoms. The zero-order chi connectivity index (χ0) is 18.0. The van der Waals surface area contributed by atoms with Gasteiger partial charge in [0.05, 0.1) is 0 Å². The lowest BCUT2D eigenvalue weighted by atomic mass is 10.5. The van der Waals surface area contributed by atoms with Crippen molar-refractivity contribution in [3.8, 4) is 0 Å². The number of imidazole rings is 1. The molecule has 3 aromatic heterocycles. The van der Waals surface area contributed by atoms with Gasteiger partial charge in [-0.25, -0.2) is 18.1 Å². The molecule has 0 atom stereocenters. The molecule has 12 heteroatoms. The second kappa shape index (κ2) is 6.74. The summed E-state index contributed by atoms with van der Waals surface area (Å²) in [6.45, 7) is 2.25. The Hall–Kier alpha value is -2.57. The fourth-order valence-electron chi connectivity index (χ4n) is 2.08. The molecular weight excluding hydrogens is 368 g/mol. The van der Waals surface area contributed by atoms with Crippen LogP contribution in [0.4, 0.5) is 11.6 Å². The maximum absolute atomic E-state index is 12.1. The standard InChI is InChI=1S/C13H14N6O4S2/c1-9-2-5-13(24-9)25(22,23)16-7-6-14-10-3-4-11-15-8-12(19(20)21)18(11)17-10/h2-5,8,16H,6-7H2,1H3,(H,14,17). The Kier molecular flexibility index (Phi) is 4.65. The van der Waals surface area contributed by atoms with Gasteiger partial charge in [0, 0.05) is 24.0 Å². The van der Waals surface area contributed by atoms with Gasteiger partial charge in [-0.3, -0.25) is 0 Å². The summed E-state index contributed by atoms with van der Waals surface area (Å²) in [4.78, 5) is 15.1. The SMILES string of the molecule is Cc1ccc(S(=O)(=O)NCCNc2ccc3ncc([N+](=O)[O-])n3n2)s1. The van der Waals surface area contributed by atoms with Crippen LogP contribution in [0.5, 0.6) is 0 Å². The number of rotatable bonds is 7. The molecular formula is C13H14N6O4S2. The smallest absolute Gasteiger partial charge is 0.366 e. The van der Waals surface area contributed by atoms with Gasteiger partial charge >= 0.3 is 5.82 Å². The monoisotopic (exact) mass is 382 g/mol. The van der Waals surface area contributed by atoms with Crippen LogP contribution in [0.2, 0.25) is 0 Å². The quantitative estimate of drug-likeness (QED) is 0.358. The number of nitrogens with zero attached hydrogens (tertiary/aromatic N) is 4. The topological polar surface area (TPSA) is 132 Å². The molecule has 3 rings (SSSR count). The van der Waals surface area contributed by atoms with Crippen LogP contribution < -0.4 is 10.0 Å². The highest BCUT2D eigenvalue weighted by molar-refractivity contribution is 7.91. The first-order valence-corrected chi connectivity index (χ1v) is 9.46. The molecule has 0 radical (unpaired) electrons. The van der Waals surface area contributed by atoms with Gasteiger partial charge in [0.25, 0.3) is 0 Å². The highest BCUT2D eigenvalue weighted by Crippen LogP contribution is 2.20. The average Bonchev–Trinajstić information content (AvgIpc) is 3.17. The summed E-state index contributed by atoms with van der Waals surface area (Å²) in [5.74, 6) is 0.132. The molecule has 132 valence electrons. The molecule has 0 fully saturated rings. The van der Waals surface area contributed by atoms with E-state index in [1.807, 2.05) is 6.92 Å². The summed E-state index contributed by atoms with van der Waals surface area (Å²) >= 11 is 1.20. The third-order valence-electron chi connectivity index (χ3n) is 3.24. The third kappa shape index (κ3) is 3.75. The molecule has 10 nitrogen and oxygen atoms in total. The van der Waals surface area contributed by atoms with E-state index < -0.39 is 14.9 Å². The highest BCUT2D eigenvalue weighted by atomic mass is 32.2. The summed E-state index contributed by atoms with van der Waals surface area (Å²) in [7, 11) is -3.53. The summed E-state index contributed by atoms with van der Waals surface area (Å²) in [5, 5.41) is 17.9.